The number of hydrogen-bond donors (Lipinski definition) is 1. The standard InChI is InChI=1S/C30H30N4O7S/c1-6-7-14-41-19-12-11-18(15-20(19)39-4)24-22(25(35)23-16(2)31-21-10-8-9-13-33(21)23)26(36)28(37)34(24)30-32-17(3)27(42-30)29(38)40-5/h8-13,15,24,35H,6-7,14H2,1-5H3. The number of hydrogen-bond acceptors (Lipinski definition) is 10. The van der Waals surface area contributed by atoms with Gasteiger partial charge in [-0.05, 0) is 50.1 Å². The number of aliphatic hydroxyl groups excluding tert-OH is 1. The fraction of sp³-hybridized carbons (Fsp3) is 0.300. The van der Waals surface area contributed by atoms with Gasteiger partial charge < -0.3 is 19.3 Å². The summed E-state index contributed by atoms with van der Waals surface area (Å²) < 4.78 is 18.0. The van der Waals surface area contributed by atoms with Crippen molar-refractivity contribution in [2.75, 3.05) is 25.7 Å². The van der Waals surface area contributed by atoms with Gasteiger partial charge in [0.25, 0.3) is 5.78 Å². The second-order valence-corrected chi connectivity index (χ2v) is 10.6. The number of benzene rings is 1. The first-order valence-corrected chi connectivity index (χ1v) is 14.1. The predicted molar refractivity (Wildman–Crippen MR) is 156 cm³/mol. The van der Waals surface area contributed by atoms with Crippen LogP contribution < -0.4 is 14.4 Å². The lowest BCUT2D eigenvalue weighted by Crippen LogP contribution is -2.29. The molecule has 12 heteroatoms. The summed E-state index contributed by atoms with van der Waals surface area (Å²) in [6, 6.07) is 9.34. The number of Topliss-reactive ketones (excluding diaryl/α,β-unsaturated/α-hetero) is 1. The van der Waals surface area contributed by atoms with Crippen LogP contribution in [0.1, 0.15) is 58.1 Å². The normalized spacial score (nSPS) is 16.3. The van der Waals surface area contributed by atoms with Crippen LogP contribution in [0.2, 0.25) is 0 Å². The number of thiazole rings is 1. The summed E-state index contributed by atoms with van der Waals surface area (Å²) in [7, 11) is 2.75. The number of anilines is 1. The highest BCUT2D eigenvalue weighted by atomic mass is 32.1. The fourth-order valence-electron chi connectivity index (χ4n) is 4.94. The van der Waals surface area contributed by atoms with Gasteiger partial charge in [-0.1, -0.05) is 36.8 Å². The number of aliphatic hydroxyl groups is 1. The van der Waals surface area contributed by atoms with Crippen LogP contribution in [0.25, 0.3) is 11.4 Å². The first-order chi connectivity index (χ1) is 20.2. The van der Waals surface area contributed by atoms with E-state index in [2.05, 4.69) is 16.9 Å². The fourth-order valence-corrected chi connectivity index (χ4v) is 5.95. The van der Waals surface area contributed by atoms with Crippen molar-refractivity contribution in [2.24, 2.45) is 0 Å². The van der Waals surface area contributed by atoms with Crippen LogP contribution in [0.15, 0.2) is 48.2 Å². The Kier molecular flexibility index (Phi) is 7.99. The second-order valence-electron chi connectivity index (χ2n) is 9.66. The first-order valence-electron chi connectivity index (χ1n) is 13.3. The van der Waals surface area contributed by atoms with Crippen molar-refractivity contribution in [3.05, 3.63) is 75.7 Å². The Hall–Kier alpha value is -4.71. The van der Waals surface area contributed by atoms with Crippen molar-refractivity contribution in [3.8, 4) is 11.5 Å². The molecular weight excluding hydrogens is 560 g/mol. The minimum absolute atomic E-state index is 0.108. The largest absolute Gasteiger partial charge is 0.505 e. The summed E-state index contributed by atoms with van der Waals surface area (Å²) in [5.74, 6) is -1.91. The number of carbonyl (C=O) groups is 3. The third kappa shape index (κ3) is 4.87. The number of fused-ring (bicyclic) bond motifs is 1. The zero-order chi connectivity index (χ0) is 30.1. The average Bonchev–Trinajstić information content (AvgIpc) is 3.62. The number of ether oxygens (including phenoxy) is 3. The molecule has 0 spiro atoms. The van der Waals surface area contributed by atoms with Crippen LogP contribution in [0, 0.1) is 13.8 Å². The van der Waals surface area contributed by atoms with Gasteiger partial charge in [-0.3, -0.25) is 18.9 Å². The van der Waals surface area contributed by atoms with E-state index in [0.717, 1.165) is 24.2 Å². The molecule has 1 atom stereocenters. The molecule has 5 rings (SSSR count). The summed E-state index contributed by atoms with van der Waals surface area (Å²) in [5.41, 5.74) is 1.98. The summed E-state index contributed by atoms with van der Waals surface area (Å²) >= 11 is 0.927. The summed E-state index contributed by atoms with van der Waals surface area (Å²) in [6.07, 6.45) is 3.53. The number of methoxy groups -OCH3 is 2. The highest BCUT2D eigenvalue weighted by molar-refractivity contribution is 7.17. The summed E-state index contributed by atoms with van der Waals surface area (Å²) in [4.78, 5) is 50.1. The van der Waals surface area contributed by atoms with Gasteiger partial charge >= 0.3 is 11.9 Å². The van der Waals surface area contributed by atoms with Crippen molar-refractivity contribution in [1.82, 2.24) is 14.4 Å². The second kappa shape index (κ2) is 11.6. The number of esters is 1. The van der Waals surface area contributed by atoms with Gasteiger partial charge in [0.05, 0.1) is 43.8 Å². The van der Waals surface area contributed by atoms with Crippen molar-refractivity contribution in [1.29, 1.82) is 0 Å². The molecule has 4 aromatic rings. The number of ketones is 1. The Balaban J connectivity index is 1.73. The third-order valence-corrected chi connectivity index (χ3v) is 8.13. The van der Waals surface area contributed by atoms with Gasteiger partial charge in [0.15, 0.2) is 22.4 Å². The van der Waals surface area contributed by atoms with E-state index in [4.69, 9.17) is 14.2 Å². The van der Waals surface area contributed by atoms with Gasteiger partial charge in [0, 0.05) is 6.20 Å². The number of amides is 1. The maximum absolute atomic E-state index is 13.7. The molecule has 218 valence electrons. The number of carbonyl (C=O) groups excluding carboxylic acids is 3. The Bertz CT molecular complexity index is 1740. The van der Waals surface area contributed by atoms with Gasteiger partial charge in [-0.2, -0.15) is 0 Å². The van der Waals surface area contributed by atoms with Gasteiger partial charge in [0.1, 0.15) is 16.2 Å². The highest BCUT2D eigenvalue weighted by Crippen LogP contribution is 2.46. The van der Waals surface area contributed by atoms with Crippen LogP contribution in [0.3, 0.4) is 0 Å². The van der Waals surface area contributed by atoms with Gasteiger partial charge in [0.2, 0.25) is 0 Å². The topological polar surface area (TPSA) is 133 Å². The first kappa shape index (κ1) is 28.8. The molecule has 1 aromatic carbocycles. The molecule has 1 aliphatic heterocycles. The van der Waals surface area contributed by atoms with Gasteiger partial charge in [-0.25, -0.2) is 14.8 Å². The molecule has 42 heavy (non-hydrogen) atoms. The van der Waals surface area contributed by atoms with Crippen LogP contribution >= 0.6 is 11.3 Å². The van der Waals surface area contributed by atoms with E-state index in [1.54, 1.807) is 54.8 Å². The van der Waals surface area contributed by atoms with Crippen LogP contribution in [-0.2, 0) is 14.3 Å². The molecule has 11 nitrogen and oxygen atoms in total. The van der Waals surface area contributed by atoms with Gasteiger partial charge in [-0.15, -0.1) is 0 Å². The Morgan fingerprint density at radius 3 is 2.57 bits per heavy atom. The van der Waals surface area contributed by atoms with E-state index in [9.17, 15) is 19.5 Å². The van der Waals surface area contributed by atoms with Crippen LogP contribution in [0.4, 0.5) is 5.13 Å². The van der Waals surface area contributed by atoms with Crippen LogP contribution in [0.5, 0.6) is 11.5 Å². The predicted octanol–water partition coefficient (Wildman–Crippen LogP) is 5.01. The minimum Gasteiger partial charge on any atom is -0.505 e. The molecule has 1 saturated heterocycles. The number of pyridine rings is 1. The molecule has 4 heterocycles. The molecule has 1 unspecified atom stereocenters. The average molecular weight is 591 g/mol. The van der Waals surface area contributed by atoms with E-state index >= 15 is 0 Å². The Morgan fingerprint density at radius 1 is 1.07 bits per heavy atom. The van der Waals surface area contributed by atoms with Crippen molar-refractivity contribution >= 4 is 45.5 Å². The molecule has 0 aliphatic carbocycles. The number of aryl methyl sites for hydroxylation is 2. The number of rotatable bonds is 9. The van der Waals surface area contributed by atoms with Crippen molar-refractivity contribution in [2.45, 2.75) is 39.7 Å². The quantitative estimate of drug-likeness (QED) is 0.0939. The Labute approximate surface area is 246 Å². The highest BCUT2D eigenvalue weighted by Gasteiger charge is 2.49. The number of aromatic nitrogens is 3. The zero-order valence-electron chi connectivity index (χ0n) is 23.8. The molecule has 0 bridgehead atoms. The van der Waals surface area contributed by atoms with E-state index < -0.39 is 23.7 Å². The molecule has 0 radical (unpaired) electrons. The number of unbranched alkanes of at least 4 members (excludes halogenated alkanes) is 1. The third-order valence-electron chi connectivity index (χ3n) is 6.99. The van der Waals surface area contributed by atoms with Crippen molar-refractivity contribution in [3.63, 3.8) is 0 Å². The van der Waals surface area contributed by atoms with E-state index in [0.29, 0.717) is 40.7 Å². The van der Waals surface area contributed by atoms with E-state index in [-0.39, 0.29) is 27.0 Å². The number of nitrogens with zero attached hydrogens (tertiary/aromatic N) is 4. The minimum atomic E-state index is -1.10. The molecule has 1 amide bonds. The molecule has 1 aliphatic rings. The number of imidazole rings is 1. The maximum atomic E-state index is 13.7. The smallest absolute Gasteiger partial charge is 0.350 e. The van der Waals surface area contributed by atoms with E-state index in [1.165, 1.54) is 19.1 Å². The molecule has 0 saturated carbocycles. The zero-order valence-corrected chi connectivity index (χ0v) is 24.7. The monoisotopic (exact) mass is 590 g/mol. The molecule has 1 N–H and O–H groups in total. The lowest BCUT2D eigenvalue weighted by Gasteiger charge is -2.24. The SMILES string of the molecule is CCCCOc1ccc(C2C(=C(O)c3c(C)nc4ccccn34)C(=O)C(=O)N2c2nc(C)c(C(=O)OC)s2)cc1OC. The van der Waals surface area contributed by atoms with E-state index in [1.807, 2.05) is 6.07 Å². The lowest BCUT2D eigenvalue weighted by atomic mass is 9.96. The summed E-state index contributed by atoms with van der Waals surface area (Å²) in [6.45, 7) is 5.88. The molecule has 3 aromatic heterocycles. The maximum Gasteiger partial charge on any atom is 0.350 e. The van der Waals surface area contributed by atoms with Crippen molar-refractivity contribution < 1.29 is 33.7 Å². The molecule has 1 fully saturated rings. The van der Waals surface area contributed by atoms with Crippen LogP contribution in [-0.4, -0.2) is 58.0 Å². The summed E-state index contributed by atoms with van der Waals surface area (Å²) in [5, 5.41) is 11.9. The Morgan fingerprint density at radius 2 is 1.86 bits per heavy atom. The molecular formula is C30H30N4O7S. The lowest BCUT2D eigenvalue weighted by molar-refractivity contribution is -0.132.